The number of amides is 4. The summed E-state index contributed by atoms with van der Waals surface area (Å²) in [6.45, 7) is 2.77. The summed E-state index contributed by atoms with van der Waals surface area (Å²) in [5.41, 5.74) is 11.6. The molecule has 1 aromatic carbocycles. The number of rotatable bonds is 9. The number of hydrogen-bond acceptors (Lipinski definition) is 7. The van der Waals surface area contributed by atoms with Crippen LogP contribution in [-0.2, 0) is 19.2 Å². The second kappa shape index (κ2) is 11.4. The largest absolute Gasteiger partial charge is 0.466 e. The van der Waals surface area contributed by atoms with Crippen molar-refractivity contribution < 1.29 is 28.8 Å². The van der Waals surface area contributed by atoms with E-state index in [1.165, 1.54) is 4.90 Å². The average Bonchev–Trinajstić information content (AvgIpc) is 3.10. The summed E-state index contributed by atoms with van der Waals surface area (Å²) < 4.78 is 4.92. The normalized spacial score (nSPS) is 16.0. The Labute approximate surface area is 178 Å². The third-order valence-electron chi connectivity index (χ3n) is 4.30. The van der Waals surface area contributed by atoms with E-state index in [1.54, 1.807) is 24.3 Å². The third kappa shape index (κ3) is 7.17. The van der Waals surface area contributed by atoms with Crippen molar-refractivity contribution in [2.24, 2.45) is 16.6 Å². The maximum Gasteiger partial charge on any atom is 0.430 e. The van der Waals surface area contributed by atoms with E-state index in [2.05, 4.69) is 20.6 Å². The molecule has 1 aromatic rings. The monoisotopic (exact) mass is 434 g/mol. The third-order valence-corrected chi connectivity index (χ3v) is 4.30. The first-order valence-corrected chi connectivity index (χ1v) is 9.73. The van der Waals surface area contributed by atoms with Gasteiger partial charge in [-0.3, -0.25) is 14.4 Å². The SMILES string of the molecule is CCCOC(=O)CCNC(=O)NC1CCN(c2ccc(C(N)=NOC(N)=O)cc2)C1=O. The molecule has 1 aliphatic rings. The van der Waals surface area contributed by atoms with Crippen molar-refractivity contribution in [2.75, 3.05) is 24.6 Å². The summed E-state index contributed by atoms with van der Waals surface area (Å²) in [7, 11) is 0. The number of amidine groups is 1. The highest BCUT2D eigenvalue weighted by atomic mass is 16.7. The number of ether oxygens (including phenoxy) is 1. The highest BCUT2D eigenvalue weighted by Gasteiger charge is 2.33. The minimum absolute atomic E-state index is 0.0483. The second-order valence-electron chi connectivity index (χ2n) is 6.64. The predicted molar refractivity (Wildman–Crippen MR) is 111 cm³/mol. The van der Waals surface area contributed by atoms with Crippen molar-refractivity contribution in [3.8, 4) is 0 Å². The first kappa shape index (κ1) is 23.4. The first-order valence-electron chi connectivity index (χ1n) is 9.73. The summed E-state index contributed by atoms with van der Waals surface area (Å²) in [5, 5.41) is 8.53. The van der Waals surface area contributed by atoms with Gasteiger partial charge in [-0.1, -0.05) is 12.1 Å². The van der Waals surface area contributed by atoms with E-state index >= 15 is 0 Å². The second-order valence-corrected chi connectivity index (χ2v) is 6.64. The number of hydrogen-bond donors (Lipinski definition) is 4. The number of primary amides is 1. The number of carbonyl (C=O) groups excluding carboxylic acids is 4. The number of anilines is 1. The molecule has 1 heterocycles. The Bertz CT molecular complexity index is 841. The summed E-state index contributed by atoms with van der Waals surface area (Å²) in [4.78, 5) is 52.4. The molecular weight excluding hydrogens is 408 g/mol. The lowest BCUT2D eigenvalue weighted by Crippen LogP contribution is -2.46. The lowest BCUT2D eigenvalue weighted by Gasteiger charge is -2.18. The Balaban J connectivity index is 1.84. The van der Waals surface area contributed by atoms with E-state index in [1.807, 2.05) is 6.92 Å². The number of oxime groups is 1. The van der Waals surface area contributed by atoms with Gasteiger partial charge in [-0.25, -0.2) is 9.59 Å². The van der Waals surface area contributed by atoms with E-state index in [9.17, 15) is 19.2 Å². The minimum Gasteiger partial charge on any atom is -0.466 e. The fourth-order valence-corrected chi connectivity index (χ4v) is 2.80. The number of carbonyl (C=O) groups is 4. The van der Waals surface area contributed by atoms with Crippen LogP contribution in [0.4, 0.5) is 15.3 Å². The molecule has 1 fully saturated rings. The molecule has 1 aliphatic heterocycles. The summed E-state index contributed by atoms with van der Waals surface area (Å²) in [6, 6.07) is 5.32. The van der Waals surface area contributed by atoms with Crippen LogP contribution in [0.2, 0.25) is 0 Å². The van der Waals surface area contributed by atoms with Gasteiger partial charge in [0.25, 0.3) is 0 Å². The Morgan fingerprint density at radius 1 is 1.23 bits per heavy atom. The smallest absolute Gasteiger partial charge is 0.430 e. The van der Waals surface area contributed by atoms with Crippen LogP contribution in [0.3, 0.4) is 0 Å². The Hall–Kier alpha value is -3.83. The van der Waals surface area contributed by atoms with E-state index in [0.717, 1.165) is 6.42 Å². The molecule has 4 amide bonds. The van der Waals surface area contributed by atoms with Crippen LogP contribution in [-0.4, -0.2) is 55.6 Å². The van der Waals surface area contributed by atoms with Crippen LogP contribution in [0.25, 0.3) is 0 Å². The van der Waals surface area contributed by atoms with Crippen molar-refractivity contribution in [1.82, 2.24) is 10.6 Å². The number of nitrogens with zero attached hydrogens (tertiary/aromatic N) is 2. The molecule has 0 spiro atoms. The van der Waals surface area contributed by atoms with Gasteiger partial charge in [0.2, 0.25) is 5.91 Å². The summed E-state index contributed by atoms with van der Waals surface area (Å²) in [5.74, 6) is -0.697. The van der Waals surface area contributed by atoms with Crippen molar-refractivity contribution >= 4 is 35.5 Å². The van der Waals surface area contributed by atoms with Gasteiger partial charge < -0.3 is 31.7 Å². The number of nitrogens with two attached hydrogens (primary N) is 2. The molecule has 0 bridgehead atoms. The van der Waals surface area contributed by atoms with Crippen LogP contribution in [0.5, 0.6) is 0 Å². The van der Waals surface area contributed by atoms with Crippen LogP contribution in [0, 0.1) is 0 Å². The van der Waals surface area contributed by atoms with Crippen LogP contribution >= 0.6 is 0 Å². The molecule has 168 valence electrons. The summed E-state index contributed by atoms with van der Waals surface area (Å²) >= 11 is 0. The van der Waals surface area contributed by atoms with Gasteiger partial charge in [0, 0.05) is 24.3 Å². The van der Waals surface area contributed by atoms with Crippen LogP contribution < -0.4 is 27.0 Å². The van der Waals surface area contributed by atoms with E-state index in [0.29, 0.717) is 30.8 Å². The average molecular weight is 434 g/mol. The van der Waals surface area contributed by atoms with E-state index < -0.39 is 18.2 Å². The Kier molecular flexibility index (Phi) is 8.61. The molecule has 0 radical (unpaired) electrons. The van der Waals surface area contributed by atoms with Gasteiger partial charge in [-0.15, -0.1) is 0 Å². The minimum atomic E-state index is -1.08. The molecule has 1 atom stereocenters. The molecule has 2 rings (SSSR count). The fourth-order valence-electron chi connectivity index (χ4n) is 2.80. The maximum atomic E-state index is 12.6. The molecule has 0 saturated carbocycles. The maximum absolute atomic E-state index is 12.6. The van der Waals surface area contributed by atoms with Gasteiger partial charge in [0.05, 0.1) is 13.0 Å². The van der Waals surface area contributed by atoms with E-state index in [4.69, 9.17) is 16.2 Å². The zero-order valence-corrected chi connectivity index (χ0v) is 17.1. The standard InChI is InChI=1S/C19H26N6O6/c1-2-11-30-15(26)7-9-22-19(29)23-14-8-10-25(17(14)27)13-5-3-12(4-6-13)16(20)24-31-18(21)28/h3-6,14H,2,7-11H2,1H3,(H2,20,24)(H2,21,28)(H2,22,23,29). The topological polar surface area (TPSA) is 178 Å². The number of urea groups is 1. The van der Waals surface area contributed by atoms with Gasteiger partial charge in [-0.05, 0) is 37.1 Å². The quantitative estimate of drug-likeness (QED) is 0.140. The molecular formula is C19H26N6O6. The molecule has 31 heavy (non-hydrogen) atoms. The first-order chi connectivity index (χ1) is 14.8. The van der Waals surface area contributed by atoms with Crippen LogP contribution in [0.15, 0.2) is 29.4 Å². The number of esters is 1. The molecule has 0 aromatic heterocycles. The predicted octanol–water partition coefficient (Wildman–Crippen LogP) is 0.150. The zero-order valence-electron chi connectivity index (χ0n) is 17.1. The fraction of sp³-hybridized carbons (Fsp3) is 0.421. The van der Waals surface area contributed by atoms with Crippen molar-refractivity contribution in [3.63, 3.8) is 0 Å². The zero-order chi connectivity index (χ0) is 22.8. The van der Waals surface area contributed by atoms with Crippen LogP contribution in [0.1, 0.15) is 31.7 Å². The molecule has 12 heteroatoms. The molecule has 0 aliphatic carbocycles. The molecule has 1 unspecified atom stereocenters. The lowest BCUT2D eigenvalue weighted by molar-refractivity contribution is -0.143. The summed E-state index contributed by atoms with van der Waals surface area (Å²) in [6.07, 6.45) is 0.137. The Morgan fingerprint density at radius 3 is 2.58 bits per heavy atom. The van der Waals surface area contributed by atoms with E-state index in [-0.39, 0.29) is 30.7 Å². The number of benzene rings is 1. The van der Waals surface area contributed by atoms with Crippen molar-refractivity contribution in [3.05, 3.63) is 29.8 Å². The van der Waals surface area contributed by atoms with Gasteiger partial charge in [-0.2, -0.15) is 0 Å². The van der Waals surface area contributed by atoms with Gasteiger partial charge in [0.15, 0.2) is 5.84 Å². The van der Waals surface area contributed by atoms with Gasteiger partial charge >= 0.3 is 18.1 Å². The highest BCUT2D eigenvalue weighted by molar-refractivity contribution is 6.02. The lowest BCUT2D eigenvalue weighted by atomic mass is 10.2. The molecule has 1 saturated heterocycles. The Morgan fingerprint density at radius 2 is 1.94 bits per heavy atom. The van der Waals surface area contributed by atoms with Crippen molar-refractivity contribution in [2.45, 2.75) is 32.2 Å². The number of nitrogens with one attached hydrogen (secondary N) is 2. The van der Waals surface area contributed by atoms with Gasteiger partial charge in [0.1, 0.15) is 6.04 Å². The molecule has 12 nitrogen and oxygen atoms in total. The molecule has 6 N–H and O–H groups in total. The van der Waals surface area contributed by atoms with Crippen molar-refractivity contribution in [1.29, 1.82) is 0 Å². The highest BCUT2D eigenvalue weighted by Crippen LogP contribution is 2.22.